The van der Waals surface area contributed by atoms with E-state index in [-0.39, 0.29) is 11.5 Å². The lowest BCUT2D eigenvalue weighted by atomic mass is 10.2. The maximum Gasteiger partial charge on any atom is 0.213 e. The summed E-state index contributed by atoms with van der Waals surface area (Å²) in [6.07, 6.45) is 0.958. The summed E-state index contributed by atoms with van der Waals surface area (Å²) in [6.45, 7) is 0.511. The lowest BCUT2D eigenvalue weighted by Gasteiger charge is -2.13. The highest BCUT2D eigenvalue weighted by molar-refractivity contribution is 7.91. The molecule has 0 aromatic carbocycles. The Morgan fingerprint density at radius 2 is 2.38 bits per heavy atom. The largest absolute Gasteiger partial charge is 0.390 e. The summed E-state index contributed by atoms with van der Waals surface area (Å²) in [7, 11) is -3.09. The van der Waals surface area contributed by atoms with Gasteiger partial charge in [-0.3, -0.25) is 0 Å². The molecule has 16 heavy (non-hydrogen) atoms. The van der Waals surface area contributed by atoms with Crippen LogP contribution in [0.25, 0.3) is 0 Å². The third-order valence-electron chi connectivity index (χ3n) is 2.48. The second-order valence-corrected chi connectivity index (χ2v) is 5.96. The predicted octanol–water partition coefficient (Wildman–Crippen LogP) is -1.64. The van der Waals surface area contributed by atoms with E-state index in [0.717, 1.165) is 0 Å². The van der Waals surface area contributed by atoms with Gasteiger partial charge in [-0.25, -0.2) is 8.42 Å². The smallest absolute Gasteiger partial charge is 0.213 e. The number of nitrogens with one attached hydrogen (secondary N) is 1. The summed E-state index contributed by atoms with van der Waals surface area (Å²) in [5, 5.41) is 16.1. The first kappa shape index (κ1) is 11.5. The van der Waals surface area contributed by atoms with Crippen molar-refractivity contribution in [2.75, 3.05) is 18.1 Å². The molecule has 7 nitrogen and oxygen atoms in total. The molecule has 0 aliphatic carbocycles. The molecule has 2 N–H and O–H groups in total. The van der Waals surface area contributed by atoms with E-state index in [2.05, 4.69) is 20.0 Å². The van der Waals surface area contributed by atoms with Gasteiger partial charge < -0.3 is 14.9 Å². The molecule has 1 aliphatic heterocycles. The Balaban J connectivity index is 1.79. The van der Waals surface area contributed by atoms with Crippen molar-refractivity contribution in [1.82, 2.24) is 15.5 Å². The van der Waals surface area contributed by atoms with Gasteiger partial charge in [0.2, 0.25) is 6.39 Å². The Morgan fingerprint density at radius 1 is 1.56 bits per heavy atom. The van der Waals surface area contributed by atoms with Crippen LogP contribution in [0.1, 0.15) is 5.82 Å². The van der Waals surface area contributed by atoms with E-state index in [1.165, 1.54) is 6.39 Å². The van der Waals surface area contributed by atoms with E-state index < -0.39 is 22.0 Å². The van der Waals surface area contributed by atoms with E-state index in [0.29, 0.717) is 18.8 Å². The minimum atomic E-state index is -3.09. The number of aromatic nitrogens is 2. The van der Waals surface area contributed by atoms with Crippen LogP contribution in [-0.2, 0) is 16.3 Å². The second kappa shape index (κ2) is 4.48. The molecule has 1 fully saturated rings. The normalized spacial score (nSPS) is 28.3. The molecule has 0 amide bonds. The number of nitrogens with zero attached hydrogens (tertiary/aromatic N) is 2. The minimum absolute atomic E-state index is 0.0135. The molecule has 1 aliphatic rings. The predicted molar refractivity (Wildman–Crippen MR) is 54.5 cm³/mol. The minimum Gasteiger partial charge on any atom is -0.390 e. The second-order valence-electron chi connectivity index (χ2n) is 3.80. The van der Waals surface area contributed by atoms with Crippen molar-refractivity contribution in [2.45, 2.75) is 18.6 Å². The van der Waals surface area contributed by atoms with E-state index in [9.17, 15) is 13.5 Å². The quantitative estimate of drug-likeness (QED) is 0.657. The molecule has 0 spiro atoms. The van der Waals surface area contributed by atoms with Gasteiger partial charge >= 0.3 is 0 Å². The van der Waals surface area contributed by atoms with Crippen molar-refractivity contribution < 1.29 is 18.0 Å². The van der Waals surface area contributed by atoms with Crippen LogP contribution in [-0.4, -0.2) is 53.9 Å². The lowest BCUT2D eigenvalue weighted by molar-refractivity contribution is 0.166. The SMILES string of the molecule is O=S1(=O)CC(O)C(NCCc2ncon2)C1. The Morgan fingerprint density at radius 3 is 2.94 bits per heavy atom. The molecule has 0 bridgehead atoms. The van der Waals surface area contributed by atoms with Crippen LogP contribution >= 0.6 is 0 Å². The first-order chi connectivity index (χ1) is 7.57. The molecule has 0 radical (unpaired) electrons. The Labute approximate surface area is 92.8 Å². The zero-order valence-corrected chi connectivity index (χ0v) is 9.35. The fourth-order valence-corrected chi connectivity index (χ4v) is 3.47. The summed E-state index contributed by atoms with van der Waals surface area (Å²) in [5.41, 5.74) is 0. The molecule has 0 saturated carbocycles. The Hall–Kier alpha value is -0.990. The molecule has 2 rings (SSSR count). The van der Waals surface area contributed by atoms with Gasteiger partial charge in [0.1, 0.15) is 0 Å². The lowest BCUT2D eigenvalue weighted by Crippen LogP contribution is -2.39. The maximum absolute atomic E-state index is 11.2. The van der Waals surface area contributed by atoms with Crippen LogP contribution in [0.15, 0.2) is 10.9 Å². The van der Waals surface area contributed by atoms with E-state index in [1.807, 2.05) is 0 Å². The van der Waals surface area contributed by atoms with Gasteiger partial charge in [0.15, 0.2) is 15.7 Å². The van der Waals surface area contributed by atoms with E-state index in [4.69, 9.17) is 0 Å². The first-order valence-electron chi connectivity index (χ1n) is 4.94. The van der Waals surface area contributed by atoms with Crippen molar-refractivity contribution in [3.05, 3.63) is 12.2 Å². The Kier molecular flexibility index (Phi) is 3.22. The third kappa shape index (κ3) is 2.77. The molecule has 2 atom stereocenters. The highest BCUT2D eigenvalue weighted by Crippen LogP contribution is 2.12. The van der Waals surface area contributed by atoms with Crippen molar-refractivity contribution in [3.8, 4) is 0 Å². The monoisotopic (exact) mass is 247 g/mol. The molecule has 90 valence electrons. The topological polar surface area (TPSA) is 105 Å². The summed E-state index contributed by atoms with van der Waals surface area (Å²) in [4.78, 5) is 3.83. The fraction of sp³-hybridized carbons (Fsp3) is 0.750. The number of aliphatic hydroxyl groups excluding tert-OH is 1. The molecular weight excluding hydrogens is 234 g/mol. The van der Waals surface area contributed by atoms with E-state index >= 15 is 0 Å². The molecule has 1 aromatic rings. The average molecular weight is 247 g/mol. The van der Waals surface area contributed by atoms with Gasteiger partial charge in [-0.1, -0.05) is 5.16 Å². The van der Waals surface area contributed by atoms with Crippen molar-refractivity contribution in [3.63, 3.8) is 0 Å². The van der Waals surface area contributed by atoms with Crippen LogP contribution in [0.3, 0.4) is 0 Å². The fourth-order valence-electron chi connectivity index (χ4n) is 1.70. The van der Waals surface area contributed by atoms with Crippen molar-refractivity contribution in [2.24, 2.45) is 0 Å². The number of sulfone groups is 1. The molecule has 2 heterocycles. The van der Waals surface area contributed by atoms with Gasteiger partial charge in [-0.2, -0.15) is 4.98 Å². The highest BCUT2D eigenvalue weighted by Gasteiger charge is 2.35. The standard InChI is InChI=1S/C8H13N3O4S/c12-7-4-16(13,14)3-6(7)9-2-1-8-10-5-15-11-8/h5-7,9,12H,1-4H2. The van der Waals surface area contributed by atoms with Crippen LogP contribution in [0.2, 0.25) is 0 Å². The summed E-state index contributed by atoms with van der Waals surface area (Å²) < 4.78 is 27.0. The zero-order valence-electron chi connectivity index (χ0n) is 8.54. The summed E-state index contributed by atoms with van der Waals surface area (Å²) in [5.74, 6) is 0.385. The third-order valence-corrected chi connectivity index (χ3v) is 4.20. The first-order valence-corrected chi connectivity index (χ1v) is 6.76. The van der Waals surface area contributed by atoms with Gasteiger partial charge in [0.05, 0.1) is 17.6 Å². The van der Waals surface area contributed by atoms with Crippen molar-refractivity contribution >= 4 is 9.84 Å². The van der Waals surface area contributed by atoms with Crippen LogP contribution < -0.4 is 5.32 Å². The Bertz CT molecular complexity index is 430. The summed E-state index contributed by atoms with van der Waals surface area (Å²) in [6, 6.07) is -0.392. The van der Waals surface area contributed by atoms with Crippen LogP contribution in [0.4, 0.5) is 0 Å². The number of rotatable bonds is 4. The average Bonchev–Trinajstić information content (AvgIpc) is 2.75. The van der Waals surface area contributed by atoms with E-state index in [1.54, 1.807) is 0 Å². The molecular formula is C8H13N3O4S. The van der Waals surface area contributed by atoms with Gasteiger partial charge in [-0.05, 0) is 0 Å². The molecule has 8 heteroatoms. The highest BCUT2D eigenvalue weighted by atomic mass is 32.2. The molecule has 1 saturated heterocycles. The number of aliphatic hydroxyl groups is 1. The maximum atomic E-state index is 11.2. The molecule has 2 unspecified atom stereocenters. The summed E-state index contributed by atoms with van der Waals surface area (Å²) >= 11 is 0. The van der Waals surface area contributed by atoms with Crippen LogP contribution in [0, 0.1) is 0 Å². The van der Waals surface area contributed by atoms with Gasteiger partial charge in [-0.15, -0.1) is 0 Å². The van der Waals surface area contributed by atoms with Gasteiger partial charge in [0, 0.05) is 19.0 Å². The molecule has 1 aromatic heterocycles. The van der Waals surface area contributed by atoms with Crippen molar-refractivity contribution in [1.29, 1.82) is 0 Å². The number of hydrogen-bond acceptors (Lipinski definition) is 7. The number of hydrogen-bond donors (Lipinski definition) is 2. The van der Waals surface area contributed by atoms with Gasteiger partial charge in [0.25, 0.3) is 0 Å². The van der Waals surface area contributed by atoms with Crippen LogP contribution in [0.5, 0.6) is 0 Å². The zero-order chi connectivity index (χ0) is 11.6.